The third-order valence-corrected chi connectivity index (χ3v) is 8.04. The van der Waals surface area contributed by atoms with Crippen LogP contribution in [0.25, 0.3) is 33.8 Å². The Labute approximate surface area is 260 Å². The Bertz CT molecular complexity index is 2040. The molecule has 0 spiro atoms. The van der Waals surface area contributed by atoms with Crippen molar-refractivity contribution in [3.63, 3.8) is 0 Å². The second kappa shape index (κ2) is 11.5. The Hall–Kier alpha value is -5.04. The lowest BCUT2D eigenvalue weighted by Crippen LogP contribution is -2.18. The van der Waals surface area contributed by atoms with Gasteiger partial charge in [-0.1, -0.05) is 32.1 Å². The highest BCUT2D eigenvalue weighted by molar-refractivity contribution is 7.92. The summed E-state index contributed by atoms with van der Waals surface area (Å²) in [5.74, 6) is -0.830. The molecule has 2 heterocycles. The van der Waals surface area contributed by atoms with Gasteiger partial charge in [-0.15, -0.1) is 5.10 Å². The van der Waals surface area contributed by atoms with Gasteiger partial charge >= 0.3 is 0 Å². The van der Waals surface area contributed by atoms with Gasteiger partial charge in [-0.3, -0.25) is 9.52 Å². The fourth-order valence-corrected chi connectivity index (χ4v) is 5.76. The van der Waals surface area contributed by atoms with Crippen molar-refractivity contribution in [2.75, 3.05) is 18.1 Å². The summed E-state index contributed by atoms with van der Waals surface area (Å²) in [6.45, 7) is 9.71. The molecule has 5 rings (SSSR count). The Morgan fingerprint density at radius 1 is 1.04 bits per heavy atom. The quantitative estimate of drug-likeness (QED) is 0.236. The fourth-order valence-electron chi connectivity index (χ4n) is 5.21. The summed E-state index contributed by atoms with van der Waals surface area (Å²) in [5, 5.41) is 13.3. The Morgan fingerprint density at radius 2 is 1.73 bits per heavy atom. The van der Waals surface area contributed by atoms with Crippen molar-refractivity contribution in [3.05, 3.63) is 89.1 Å². The number of hydrogen-bond acceptors (Lipinski definition) is 7. The van der Waals surface area contributed by atoms with Gasteiger partial charge in [0.1, 0.15) is 11.5 Å². The van der Waals surface area contributed by atoms with Crippen molar-refractivity contribution < 1.29 is 22.3 Å². The fraction of sp³-hybridized carbons (Fsp3) is 0.250. The predicted octanol–water partition coefficient (Wildman–Crippen LogP) is 5.32. The monoisotopic (exact) mass is 631 g/mol. The molecule has 0 saturated carbocycles. The maximum absolute atomic E-state index is 13.5. The van der Waals surface area contributed by atoms with E-state index in [4.69, 9.17) is 10.5 Å². The molecule has 11 nitrogen and oxygen atoms in total. The number of rotatable bonds is 8. The van der Waals surface area contributed by atoms with Crippen LogP contribution in [-0.2, 0) is 15.4 Å². The molecule has 1 amide bonds. The molecule has 0 aliphatic rings. The molecule has 45 heavy (non-hydrogen) atoms. The Morgan fingerprint density at radius 3 is 2.33 bits per heavy atom. The molecule has 0 aliphatic heterocycles. The van der Waals surface area contributed by atoms with Gasteiger partial charge < -0.3 is 10.5 Å². The van der Waals surface area contributed by atoms with Gasteiger partial charge in [-0.2, -0.15) is 5.10 Å². The zero-order chi connectivity index (χ0) is 32.8. The van der Waals surface area contributed by atoms with Crippen LogP contribution in [0, 0.1) is 19.7 Å². The summed E-state index contributed by atoms with van der Waals surface area (Å²) in [4.78, 5) is 12.9. The highest BCUT2D eigenvalue weighted by Gasteiger charge is 2.28. The first kappa shape index (κ1) is 31.4. The molecule has 5 aromatic rings. The van der Waals surface area contributed by atoms with Crippen LogP contribution >= 0.6 is 0 Å². The van der Waals surface area contributed by atoms with E-state index in [0.717, 1.165) is 23.1 Å². The van der Waals surface area contributed by atoms with Gasteiger partial charge in [0.25, 0.3) is 0 Å². The molecule has 0 aliphatic carbocycles. The predicted molar refractivity (Wildman–Crippen MR) is 171 cm³/mol. The first-order valence-corrected chi connectivity index (χ1v) is 15.9. The number of nitrogens with one attached hydrogen (secondary N) is 1. The number of nitrogens with two attached hydrogens (primary N) is 1. The number of carbonyl (C=O) groups is 1. The maximum Gasteiger partial charge on any atom is 0.249 e. The highest BCUT2D eigenvalue weighted by Crippen LogP contribution is 2.45. The molecule has 0 bridgehead atoms. The van der Waals surface area contributed by atoms with E-state index in [1.807, 2.05) is 40.7 Å². The SMILES string of the molecule is COc1c(NS(C)(=O)=O)cc(C(C)(C)C)cc1-c1c(C(N)=O)ccc(C)c1-n1cc(-c2cnn(-c3ccc(F)cc3)c2C)nn1. The van der Waals surface area contributed by atoms with Crippen LogP contribution in [0.1, 0.15) is 48.0 Å². The summed E-state index contributed by atoms with van der Waals surface area (Å²) in [6, 6.07) is 13.0. The number of halogens is 1. The maximum atomic E-state index is 13.5. The van der Waals surface area contributed by atoms with Crippen molar-refractivity contribution in [2.24, 2.45) is 5.73 Å². The molecule has 3 N–H and O–H groups in total. The van der Waals surface area contributed by atoms with E-state index < -0.39 is 21.3 Å². The summed E-state index contributed by atoms with van der Waals surface area (Å²) >= 11 is 0. The molecule has 13 heteroatoms. The molecule has 234 valence electrons. The second-order valence-electron chi connectivity index (χ2n) is 11.8. The summed E-state index contributed by atoms with van der Waals surface area (Å²) in [7, 11) is -2.27. The minimum Gasteiger partial charge on any atom is -0.494 e. The van der Waals surface area contributed by atoms with Crippen molar-refractivity contribution in [1.29, 1.82) is 0 Å². The Kier molecular flexibility index (Phi) is 8.00. The van der Waals surface area contributed by atoms with Gasteiger partial charge in [0.2, 0.25) is 15.9 Å². The van der Waals surface area contributed by atoms with Crippen LogP contribution in [0.2, 0.25) is 0 Å². The number of benzene rings is 3. The largest absolute Gasteiger partial charge is 0.494 e. The van der Waals surface area contributed by atoms with Gasteiger partial charge in [0, 0.05) is 22.3 Å². The lowest BCUT2D eigenvalue weighted by atomic mass is 9.83. The van der Waals surface area contributed by atoms with Crippen LogP contribution in [0.5, 0.6) is 5.75 Å². The van der Waals surface area contributed by atoms with Crippen LogP contribution < -0.4 is 15.2 Å². The zero-order valence-corrected chi connectivity index (χ0v) is 26.8. The van der Waals surface area contributed by atoms with E-state index in [1.54, 1.807) is 52.1 Å². The standard InChI is InChI=1S/C32H34FN7O4S/c1-18-8-13-23(31(34)41)28(24-14-20(32(3,4)5)15-26(30(24)44-6)37-45(7,42)43)29(18)39-17-27(36-38-39)25-16-35-40(19(25)2)22-11-9-21(33)10-12-22/h8-17,37H,1-7H3,(H2,34,41). The number of ether oxygens (including phenoxy) is 1. The average Bonchev–Trinajstić information content (AvgIpc) is 3.58. The van der Waals surface area contributed by atoms with Gasteiger partial charge in [-0.05, 0) is 72.9 Å². The van der Waals surface area contributed by atoms with Crippen LogP contribution in [-0.4, -0.2) is 52.5 Å². The highest BCUT2D eigenvalue weighted by atomic mass is 32.2. The van der Waals surface area contributed by atoms with E-state index in [0.29, 0.717) is 33.8 Å². The molecule has 0 atom stereocenters. The van der Waals surface area contributed by atoms with Gasteiger partial charge in [0.15, 0.2) is 5.75 Å². The first-order valence-electron chi connectivity index (χ1n) is 14.0. The number of aryl methyl sites for hydroxylation is 1. The number of aromatic nitrogens is 5. The van der Waals surface area contributed by atoms with E-state index in [-0.39, 0.29) is 22.8 Å². The molecule has 0 saturated heterocycles. The number of sulfonamides is 1. The van der Waals surface area contributed by atoms with E-state index in [1.165, 1.54) is 19.2 Å². The third kappa shape index (κ3) is 6.16. The van der Waals surface area contributed by atoms with Crippen molar-refractivity contribution in [3.8, 4) is 39.5 Å². The smallest absolute Gasteiger partial charge is 0.249 e. The number of primary amides is 1. The van der Waals surface area contributed by atoms with Crippen LogP contribution in [0.4, 0.5) is 10.1 Å². The first-order chi connectivity index (χ1) is 21.1. The van der Waals surface area contributed by atoms with Crippen molar-refractivity contribution in [2.45, 2.75) is 40.0 Å². The molecule has 0 fully saturated rings. The van der Waals surface area contributed by atoms with Crippen LogP contribution in [0.3, 0.4) is 0 Å². The molecule has 0 unspecified atom stereocenters. The Balaban J connectivity index is 1.75. The van der Waals surface area contributed by atoms with Crippen molar-refractivity contribution in [1.82, 2.24) is 24.8 Å². The summed E-state index contributed by atoms with van der Waals surface area (Å²) < 4.78 is 49.9. The molecule has 2 aromatic heterocycles. The number of carbonyl (C=O) groups excluding carboxylic acids is 1. The number of hydrogen-bond donors (Lipinski definition) is 2. The van der Waals surface area contributed by atoms with Crippen LogP contribution in [0.15, 0.2) is 60.9 Å². The molecule has 3 aromatic carbocycles. The molecular formula is C32H34FN7O4S. The zero-order valence-electron chi connectivity index (χ0n) is 26.0. The van der Waals surface area contributed by atoms with E-state index in [2.05, 4.69) is 20.1 Å². The lowest BCUT2D eigenvalue weighted by molar-refractivity contribution is 0.100. The second-order valence-corrected chi connectivity index (χ2v) is 13.6. The number of anilines is 1. The minimum atomic E-state index is -3.70. The lowest BCUT2D eigenvalue weighted by Gasteiger charge is -2.25. The summed E-state index contributed by atoms with van der Waals surface area (Å²) in [6.07, 6.45) is 4.42. The van der Waals surface area contributed by atoms with E-state index in [9.17, 15) is 17.6 Å². The number of nitrogens with zero attached hydrogens (tertiary/aromatic N) is 5. The summed E-state index contributed by atoms with van der Waals surface area (Å²) in [5.41, 5.74) is 11.4. The van der Waals surface area contributed by atoms with E-state index >= 15 is 0 Å². The van der Waals surface area contributed by atoms with Crippen molar-refractivity contribution >= 4 is 21.6 Å². The van der Waals surface area contributed by atoms with Gasteiger partial charge in [0.05, 0.1) is 48.5 Å². The average molecular weight is 632 g/mol. The topological polar surface area (TPSA) is 147 Å². The molecular weight excluding hydrogens is 597 g/mol. The number of methoxy groups -OCH3 is 1. The molecule has 0 radical (unpaired) electrons. The minimum absolute atomic E-state index is 0.183. The third-order valence-electron chi connectivity index (χ3n) is 7.45. The number of amides is 1. The van der Waals surface area contributed by atoms with Gasteiger partial charge in [-0.25, -0.2) is 22.2 Å². The normalized spacial score (nSPS) is 11.9.